The van der Waals surface area contributed by atoms with Gasteiger partial charge in [-0.1, -0.05) is 29.8 Å². The van der Waals surface area contributed by atoms with Crippen LogP contribution in [-0.4, -0.2) is 45.9 Å². The molecule has 6 heteroatoms. The summed E-state index contributed by atoms with van der Waals surface area (Å²) in [5.41, 5.74) is 3.57. The van der Waals surface area contributed by atoms with E-state index in [2.05, 4.69) is 16.0 Å². The van der Waals surface area contributed by atoms with Gasteiger partial charge >= 0.3 is 0 Å². The van der Waals surface area contributed by atoms with Gasteiger partial charge in [-0.05, 0) is 37.4 Å². The molecular weight excluding hydrogens is 342 g/mol. The summed E-state index contributed by atoms with van der Waals surface area (Å²) in [6.45, 7) is 3.55. The number of amides is 1. The molecule has 1 amide bonds. The number of hydrogen-bond acceptors (Lipinski definition) is 4. The topological polar surface area (TPSA) is 36.4 Å². The highest BCUT2D eigenvalue weighted by Gasteiger charge is 2.47. The fourth-order valence-electron chi connectivity index (χ4n) is 4.05. The van der Waals surface area contributed by atoms with Crippen LogP contribution in [0.1, 0.15) is 35.3 Å². The lowest BCUT2D eigenvalue weighted by atomic mass is 9.94. The third-order valence-corrected chi connectivity index (χ3v) is 6.29. The number of hydrogen-bond donors (Lipinski definition) is 0. The fraction of sp³-hybridized carbons (Fsp3) is 0.444. The Bertz CT molecular complexity index is 736. The van der Waals surface area contributed by atoms with Crippen LogP contribution in [0.3, 0.4) is 0 Å². The monoisotopic (exact) mass is 361 g/mol. The van der Waals surface area contributed by atoms with Crippen LogP contribution in [0, 0.1) is 0 Å². The normalized spacial score (nSPS) is 24.1. The number of halogens is 1. The Morgan fingerprint density at radius 1 is 1.29 bits per heavy atom. The Morgan fingerprint density at radius 2 is 2.17 bits per heavy atom. The number of nitrogens with zero attached hydrogens (tertiary/aromatic N) is 3. The Hall–Kier alpha value is -1.43. The molecule has 1 aromatic carbocycles. The predicted molar refractivity (Wildman–Crippen MR) is 96.5 cm³/mol. The molecule has 3 heterocycles. The minimum Gasteiger partial charge on any atom is -0.335 e. The molecule has 0 N–H and O–H groups in total. The van der Waals surface area contributed by atoms with Crippen molar-refractivity contribution < 1.29 is 4.79 Å². The number of thiazole rings is 1. The average Bonchev–Trinajstić information content (AvgIpc) is 3.33. The molecule has 0 radical (unpaired) electrons. The van der Waals surface area contributed by atoms with Crippen LogP contribution in [0.4, 0.5) is 0 Å². The molecule has 0 aliphatic carbocycles. The van der Waals surface area contributed by atoms with E-state index < -0.39 is 0 Å². The van der Waals surface area contributed by atoms with Crippen molar-refractivity contribution in [2.45, 2.75) is 31.3 Å². The van der Waals surface area contributed by atoms with Crippen molar-refractivity contribution in [3.05, 3.63) is 51.4 Å². The number of carbonyl (C=O) groups excluding carboxylic acids is 1. The van der Waals surface area contributed by atoms with Gasteiger partial charge in [-0.2, -0.15) is 0 Å². The number of benzene rings is 1. The van der Waals surface area contributed by atoms with Gasteiger partial charge in [0.05, 0.1) is 5.51 Å². The zero-order valence-corrected chi connectivity index (χ0v) is 15.0. The first-order chi connectivity index (χ1) is 11.7. The van der Waals surface area contributed by atoms with Crippen LogP contribution < -0.4 is 0 Å². The first kappa shape index (κ1) is 16.1. The van der Waals surface area contributed by atoms with Gasteiger partial charge in [0, 0.05) is 35.6 Å². The summed E-state index contributed by atoms with van der Waals surface area (Å²) in [6, 6.07) is 8.06. The van der Waals surface area contributed by atoms with E-state index in [1.54, 1.807) is 5.51 Å². The molecule has 1 aromatic heterocycles. The Kier molecular flexibility index (Phi) is 4.33. The van der Waals surface area contributed by atoms with Crippen molar-refractivity contribution >= 4 is 28.8 Å². The number of rotatable bonds is 3. The van der Waals surface area contributed by atoms with Crippen LogP contribution in [0.2, 0.25) is 5.02 Å². The highest BCUT2D eigenvalue weighted by Crippen LogP contribution is 2.39. The second-order valence-corrected chi connectivity index (χ2v) is 7.82. The molecule has 0 saturated carbocycles. The van der Waals surface area contributed by atoms with Crippen LogP contribution in [0.5, 0.6) is 0 Å². The van der Waals surface area contributed by atoms with Crippen LogP contribution in [0.15, 0.2) is 35.2 Å². The molecule has 2 aromatic rings. The van der Waals surface area contributed by atoms with E-state index in [9.17, 15) is 4.79 Å². The number of likely N-dealkylation sites (tertiary alicyclic amines) is 2. The number of aromatic nitrogens is 1. The Balaban J connectivity index is 1.50. The fourth-order valence-corrected chi connectivity index (χ4v) is 4.77. The summed E-state index contributed by atoms with van der Waals surface area (Å²) in [4.78, 5) is 21.3. The second-order valence-electron chi connectivity index (χ2n) is 6.69. The Labute approximate surface area is 151 Å². The maximum atomic E-state index is 12.6. The van der Waals surface area contributed by atoms with E-state index in [-0.39, 0.29) is 11.4 Å². The molecule has 2 aliphatic rings. The molecule has 4 rings (SSSR count). The second kappa shape index (κ2) is 6.47. The summed E-state index contributed by atoms with van der Waals surface area (Å²) in [7, 11) is 0. The molecule has 24 heavy (non-hydrogen) atoms. The zero-order valence-electron chi connectivity index (χ0n) is 13.4. The van der Waals surface area contributed by atoms with Crippen molar-refractivity contribution in [2.24, 2.45) is 0 Å². The third-order valence-electron chi connectivity index (χ3n) is 5.33. The highest BCUT2D eigenvalue weighted by molar-refractivity contribution is 7.07. The van der Waals surface area contributed by atoms with E-state index in [1.165, 1.54) is 23.3 Å². The highest BCUT2D eigenvalue weighted by atomic mass is 35.5. The molecule has 2 fully saturated rings. The van der Waals surface area contributed by atoms with Gasteiger partial charge in [0.2, 0.25) is 0 Å². The van der Waals surface area contributed by atoms with E-state index in [0.717, 1.165) is 44.0 Å². The van der Waals surface area contributed by atoms with Crippen LogP contribution >= 0.6 is 22.9 Å². The van der Waals surface area contributed by atoms with Crippen molar-refractivity contribution in [3.63, 3.8) is 0 Å². The molecule has 4 nitrogen and oxygen atoms in total. The quantitative estimate of drug-likeness (QED) is 0.836. The van der Waals surface area contributed by atoms with Gasteiger partial charge in [0.25, 0.3) is 5.91 Å². The third kappa shape index (κ3) is 2.85. The van der Waals surface area contributed by atoms with Gasteiger partial charge in [0.15, 0.2) is 0 Å². The van der Waals surface area contributed by atoms with Gasteiger partial charge in [0.1, 0.15) is 5.69 Å². The van der Waals surface area contributed by atoms with E-state index in [4.69, 9.17) is 11.6 Å². The average molecular weight is 362 g/mol. The van der Waals surface area contributed by atoms with Crippen molar-refractivity contribution in [1.82, 2.24) is 14.8 Å². The number of carbonyl (C=O) groups is 1. The van der Waals surface area contributed by atoms with Crippen molar-refractivity contribution in [1.29, 1.82) is 0 Å². The zero-order chi connectivity index (χ0) is 16.6. The maximum Gasteiger partial charge on any atom is 0.273 e. The first-order valence-electron chi connectivity index (χ1n) is 8.34. The van der Waals surface area contributed by atoms with E-state index in [0.29, 0.717) is 5.69 Å². The van der Waals surface area contributed by atoms with Gasteiger partial charge < -0.3 is 4.90 Å². The molecule has 1 unspecified atom stereocenters. The van der Waals surface area contributed by atoms with Gasteiger partial charge in [-0.15, -0.1) is 11.3 Å². The molecule has 1 atom stereocenters. The summed E-state index contributed by atoms with van der Waals surface area (Å²) in [5, 5.41) is 2.66. The molecule has 126 valence electrons. The molecule has 0 bridgehead atoms. The standard InChI is InChI=1S/C18H20ClN3OS/c19-15-5-2-1-4-14(15)10-22-8-3-6-18(22)7-9-21(12-18)17(23)16-11-24-13-20-16/h1-2,4-5,11,13H,3,6-10,12H2. The maximum absolute atomic E-state index is 12.6. The van der Waals surface area contributed by atoms with E-state index >= 15 is 0 Å². The molecule has 2 saturated heterocycles. The predicted octanol–water partition coefficient (Wildman–Crippen LogP) is 3.68. The molecule has 1 spiro atoms. The van der Waals surface area contributed by atoms with Gasteiger partial charge in [-0.25, -0.2) is 4.98 Å². The molecular formula is C18H20ClN3OS. The van der Waals surface area contributed by atoms with Gasteiger partial charge in [-0.3, -0.25) is 9.69 Å². The SMILES string of the molecule is O=C(c1cscn1)N1CCC2(CCCN2Cc2ccccc2Cl)C1. The Morgan fingerprint density at radius 3 is 2.96 bits per heavy atom. The molecule has 2 aliphatic heterocycles. The summed E-state index contributed by atoms with van der Waals surface area (Å²) >= 11 is 7.82. The van der Waals surface area contributed by atoms with Crippen LogP contribution in [-0.2, 0) is 6.54 Å². The lowest BCUT2D eigenvalue weighted by Gasteiger charge is -2.35. The van der Waals surface area contributed by atoms with Crippen molar-refractivity contribution in [3.8, 4) is 0 Å². The summed E-state index contributed by atoms with van der Waals surface area (Å²) in [5.74, 6) is 0.0673. The first-order valence-corrected chi connectivity index (χ1v) is 9.66. The van der Waals surface area contributed by atoms with Crippen LogP contribution in [0.25, 0.3) is 0 Å². The minimum absolute atomic E-state index is 0.0673. The summed E-state index contributed by atoms with van der Waals surface area (Å²) < 4.78 is 0. The smallest absolute Gasteiger partial charge is 0.273 e. The summed E-state index contributed by atoms with van der Waals surface area (Å²) in [6.07, 6.45) is 3.37. The lowest BCUT2D eigenvalue weighted by Crippen LogP contribution is -2.46. The minimum atomic E-state index is 0.0673. The van der Waals surface area contributed by atoms with Crippen molar-refractivity contribution in [2.75, 3.05) is 19.6 Å². The lowest BCUT2D eigenvalue weighted by molar-refractivity contribution is 0.0737. The van der Waals surface area contributed by atoms with E-state index in [1.807, 2.05) is 28.5 Å². The largest absolute Gasteiger partial charge is 0.335 e.